The monoisotopic (exact) mass is 398 g/mol. The van der Waals surface area contributed by atoms with Crippen molar-refractivity contribution < 1.29 is 17.9 Å². The van der Waals surface area contributed by atoms with E-state index < -0.39 is 22.2 Å². The van der Waals surface area contributed by atoms with Crippen LogP contribution in [0.15, 0.2) is 59.6 Å². The van der Waals surface area contributed by atoms with Crippen molar-refractivity contribution in [1.82, 2.24) is 15.0 Å². The number of esters is 1. The number of hydrogen-bond acceptors (Lipinski definition) is 6. The molecule has 2 heterocycles. The maximum atomic E-state index is 13.6. The molecule has 1 aliphatic rings. The third kappa shape index (κ3) is 2.84. The maximum absolute atomic E-state index is 13.6. The Hall–Kier alpha value is -3.20. The zero-order valence-electron chi connectivity index (χ0n) is 15.3. The second kappa shape index (κ2) is 6.75. The molecule has 9 heteroatoms. The number of ether oxygens (including phenoxy) is 1. The number of aryl methyl sites for hydroxylation is 1. The predicted molar refractivity (Wildman–Crippen MR) is 102 cm³/mol. The third-order valence-electron chi connectivity index (χ3n) is 4.70. The molecular weight excluding hydrogens is 380 g/mol. The first-order valence-electron chi connectivity index (χ1n) is 8.61. The Balaban J connectivity index is 1.94. The first kappa shape index (κ1) is 18.2. The largest absolute Gasteiger partial charge is 0.469 e. The Labute approximate surface area is 162 Å². The lowest BCUT2D eigenvalue weighted by molar-refractivity contribution is -0.141. The topological polar surface area (TPSA) is 94.4 Å². The van der Waals surface area contributed by atoms with E-state index >= 15 is 0 Å². The van der Waals surface area contributed by atoms with Crippen LogP contribution in [-0.4, -0.2) is 36.5 Å². The fourth-order valence-electron chi connectivity index (χ4n) is 3.31. The smallest absolute Gasteiger partial charge is 0.309 e. The van der Waals surface area contributed by atoms with E-state index in [-0.39, 0.29) is 11.3 Å². The summed E-state index contributed by atoms with van der Waals surface area (Å²) in [6, 6.07) is 13.7. The van der Waals surface area contributed by atoms with Crippen LogP contribution in [-0.2, 0) is 19.6 Å². The minimum absolute atomic E-state index is 0.131. The highest BCUT2D eigenvalue weighted by Crippen LogP contribution is 2.43. The van der Waals surface area contributed by atoms with Crippen molar-refractivity contribution in [2.45, 2.75) is 24.4 Å². The minimum atomic E-state index is -3.98. The van der Waals surface area contributed by atoms with Crippen LogP contribution >= 0.6 is 0 Å². The summed E-state index contributed by atoms with van der Waals surface area (Å²) in [6.45, 7) is 1.88. The SMILES string of the molecule is COC(=O)CC1N(S(=O)(=O)c2ccc(C)cc2)c2ccccc2-c2cnnn21. The van der Waals surface area contributed by atoms with Crippen molar-refractivity contribution in [3.05, 3.63) is 60.3 Å². The number of rotatable bonds is 4. The van der Waals surface area contributed by atoms with E-state index in [1.807, 2.05) is 13.0 Å². The number of para-hydroxylation sites is 1. The zero-order chi connectivity index (χ0) is 19.9. The van der Waals surface area contributed by atoms with Crippen molar-refractivity contribution in [3.63, 3.8) is 0 Å². The van der Waals surface area contributed by atoms with Gasteiger partial charge in [-0.15, -0.1) is 5.10 Å². The second-order valence-electron chi connectivity index (χ2n) is 6.46. The number of fused-ring (bicyclic) bond motifs is 3. The molecule has 0 fully saturated rings. The summed E-state index contributed by atoms with van der Waals surface area (Å²) in [5, 5.41) is 7.97. The molecule has 2 aromatic carbocycles. The molecule has 0 saturated carbocycles. The molecule has 0 radical (unpaired) electrons. The maximum Gasteiger partial charge on any atom is 0.309 e. The standard InChI is InChI=1S/C19H18N4O4S/c1-13-7-9-14(10-8-13)28(25,26)23-16-6-4-3-5-15(16)17-12-20-21-22(17)18(23)11-19(24)27-2/h3-10,12,18H,11H2,1-2H3. The lowest BCUT2D eigenvalue weighted by atomic mass is 10.1. The third-order valence-corrected chi connectivity index (χ3v) is 6.53. The van der Waals surface area contributed by atoms with E-state index in [1.54, 1.807) is 48.7 Å². The quantitative estimate of drug-likeness (QED) is 0.627. The Morgan fingerprint density at radius 2 is 1.86 bits per heavy atom. The van der Waals surface area contributed by atoms with Crippen LogP contribution in [0, 0.1) is 6.92 Å². The number of carbonyl (C=O) groups is 1. The summed E-state index contributed by atoms with van der Waals surface area (Å²) < 4.78 is 34.6. The molecule has 144 valence electrons. The van der Waals surface area contributed by atoms with Gasteiger partial charge in [0.25, 0.3) is 10.0 Å². The van der Waals surface area contributed by atoms with Crippen molar-refractivity contribution in [3.8, 4) is 11.3 Å². The fourth-order valence-corrected chi connectivity index (χ4v) is 4.92. The highest BCUT2D eigenvalue weighted by Gasteiger charge is 2.41. The second-order valence-corrected chi connectivity index (χ2v) is 8.27. The van der Waals surface area contributed by atoms with Gasteiger partial charge >= 0.3 is 5.97 Å². The molecular formula is C19H18N4O4S. The van der Waals surface area contributed by atoms with E-state index in [4.69, 9.17) is 4.74 Å². The molecule has 8 nitrogen and oxygen atoms in total. The number of aromatic nitrogens is 3. The molecule has 1 aromatic heterocycles. The number of carbonyl (C=O) groups excluding carboxylic acids is 1. The van der Waals surface area contributed by atoms with Gasteiger partial charge < -0.3 is 4.74 Å². The van der Waals surface area contributed by atoms with Crippen LogP contribution in [0.3, 0.4) is 0 Å². The summed E-state index contributed by atoms with van der Waals surface area (Å²) in [5.74, 6) is -0.546. The summed E-state index contributed by atoms with van der Waals surface area (Å²) in [4.78, 5) is 12.2. The number of nitrogens with zero attached hydrogens (tertiary/aromatic N) is 4. The number of sulfonamides is 1. The van der Waals surface area contributed by atoms with Crippen molar-refractivity contribution >= 4 is 21.7 Å². The molecule has 1 atom stereocenters. The Kier molecular flexibility index (Phi) is 4.38. The Bertz CT molecular complexity index is 1140. The zero-order valence-corrected chi connectivity index (χ0v) is 16.1. The van der Waals surface area contributed by atoms with Crippen LogP contribution in [0.4, 0.5) is 5.69 Å². The van der Waals surface area contributed by atoms with Gasteiger partial charge in [-0.3, -0.25) is 4.79 Å². The summed E-state index contributed by atoms with van der Waals surface area (Å²) in [7, 11) is -2.71. The van der Waals surface area contributed by atoms with Gasteiger partial charge in [0.1, 0.15) is 0 Å². The van der Waals surface area contributed by atoms with Gasteiger partial charge in [0, 0.05) is 5.56 Å². The normalized spacial score (nSPS) is 15.6. The molecule has 0 spiro atoms. The molecule has 0 bridgehead atoms. The Morgan fingerprint density at radius 3 is 2.57 bits per heavy atom. The van der Waals surface area contributed by atoms with E-state index in [9.17, 15) is 13.2 Å². The number of methoxy groups -OCH3 is 1. The average Bonchev–Trinajstić information content (AvgIpc) is 3.18. The van der Waals surface area contributed by atoms with Crippen LogP contribution in [0.1, 0.15) is 18.2 Å². The number of anilines is 1. The van der Waals surface area contributed by atoms with E-state index in [1.165, 1.54) is 16.1 Å². The summed E-state index contributed by atoms with van der Waals surface area (Å²) in [5.41, 5.74) is 2.72. The lowest BCUT2D eigenvalue weighted by Gasteiger charge is -2.37. The van der Waals surface area contributed by atoms with Gasteiger partial charge in [-0.25, -0.2) is 17.4 Å². The molecule has 1 unspecified atom stereocenters. The predicted octanol–water partition coefficient (Wildman–Crippen LogP) is 2.52. The molecule has 1 aliphatic heterocycles. The van der Waals surface area contributed by atoms with Crippen LogP contribution in [0.5, 0.6) is 0 Å². The van der Waals surface area contributed by atoms with Gasteiger partial charge in [-0.2, -0.15) is 0 Å². The molecule has 0 saturated heterocycles. The first-order valence-corrected chi connectivity index (χ1v) is 10.0. The number of hydrogen-bond donors (Lipinski definition) is 0. The van der Waals surface area contributed by atoms with E-state index in [0.717, 1.165) is 5.56 Å². The van der Waals surface area contributed by atoms with Crippen molar-refractivity contribution in [1.29, 1.82) is 0 Å². The van der Waals surface area contributed by atoms with Gasteiger partial charge in [0.05, 0.1) is 36.0 Å². The lowest BCUT2D eigenvalue weighted by Crippen LogP contribution is -2.42. The van der Waals surface area contributed by atoms with Gasteiger partial charge in [0.2, 0.25) is 0 Å². The van der Waals surface area contributed by atoms with Gasteiger partial charge in [0.15, 0.2) is 6.17 Å². The van der Waals surface area contributed by atoms with Crippen LogP contribution in [0.25, 0.3) is 11.3 Å². The van der Waals surface area contributed by atoms with Crippen LogP contribution in [0.2, 0.25) is 0 Å². The van der Waals surface area contributed by atoms with Crippen molar-refractivity contribution in [2.75, 3.05) is 11.4 Å². The first-order chi connectivity index (χ1) is 13.4. The Morgan fingerprint density at radius 1 is 1.14 bits per heavy atom. The fraction of sp³-hybridized carbons (Fsp3) is 0.211. The van der Waals surface area contributed by atoms with Gasteiger partial charge in [-0.05, 0) is 25.1 Å². The van der Waals surface area contributed by atoms with E-state index in [0.29, 0.717) is 16.9 Å². The van der Waals surface area contributed by atoms with Crippen molar-refractivity contribution in [2.24, 2.45) is 0 Å². The highest BCUT2D eigenvalue weighted by atomic mass is 32.2. The molecule has 3 aromatic rings. The molecule has 4 rings (SSSR count). The molecule has 28 heavy (non-hydrogen) atoms. The summed E-state index contributed by atoms with van der Waals surface area (Å²) in [6.07, 6.45) is 0.428. The molecule has 0 N–H and O–H groups in total. The summed E-state index contributed by atoms with van der Waals surface area (Å²) >= 11 is 0. The van der Waals surface area contributed by atoms with E-state index in [2.05, 4.69) is 10.3 Å². The van der Waals surface area contributed by atoms with Crippen LogP contribution < -0.4 is 4.31 Å². The average molecular weight is 398 g/mol. The molecule has 0 aliphatic carbocycles. The number of benzene rings is 2. The minimum Gasteiger partial charge on any atom is -0.469 e. The highest BCUT2D eigenvalue weighted by molar-refractivity contribution is 7.92. The molecule has 0 amide bonds. The van der Waals surface area contributed by atoms with Gasteiger partial charge in [-0.1, -0.05) is 41.1 Å².